The number of rotatable bonds is 6. The fraction of sp³-hybridized carbons (Fsp3) is 0.556. The van der Waals surface area contributed by atoms with Gasteiger partial charge in [0.1, 0.15) is 0 Å². The summed E-state index contributed by atoms with van der Waals surface area (Å²) in [6.07, 6.45) is 2.89. The van der Waals surface area contributed by atoms with E-state index in [-0.39, 0.29) is 12.5 Å². The van der Waals surface area contributed by atoms with E-state index in [0.717, 1.165) is 0 Å². The predicted octanol–water partition coefficient (Wildman–Crippen LogP) is -1.42. The second-order valence-corrected chi connectivity index (χ2v) is 3.19. The first-order chi connectivity index (χ1) is 7.22. The van der Waals surface area contributed by atoms with E-state index in [1.807, 2.05) is 0 Å². The van der Waals surface area contributed by atoms with Gasteiger partial charge in [-0.1, -0.05) is 0 Å². The molecule has 1 aromatic rings. The van der Waals surface area contributed by atoms with Crippen molar-refractivity contribution < 1.29 is 9.90 Å². The molecule has 6 heteroatoms. The van der Waals surface area contributed by atoms with Crippen molar-refractivity contribution >= 4 is 5.91 Å². The van der Waals surface area contributed by atoms with Crippen LogP contribution in [0.25, 0.3) is 0 Å². The molecule has 0 aliphatic carbocycles. The molecule has 3 N–H and O–H groups in total. The Morgan fingerprint density at radius 3 is 3.07 bits per heavy atom. The lowest BCUT2D eigenvalue weighted by atomic mass is 10.3. The topological polar surface area (TPSA) is 79.2 Å². The SMILES string of the molecule is CNC(=O)CNCC(O)Cn1cccn1. The normalized spacial score (nSPS) is 12.4. The molecule has 0 spiro atoms. The molecule has 1 atom stereocenters. The van der Waals surface area contributed by atoms with Crippen LogP contribution in [0.15, 0.2) is 18.5 Å². The molecule has 0 aromatic carbocycles. The van der Waals surface area contributed by atoms with E-state index in [2.05, 4.69) is 15.7 Å². The van der Waals surface area contributed by atoms with Crippen LogP contribution in [0.4, 0.5) is 0 Å². The molecule has 0 aliphatic heterocycles. The molecule has 15 heavy (non-hydrogen) atoms. The Morgan fingerprint density at radius 1 is 1.67 bits per heavy atom. The van der Waals surface area contributed by atoms with Gasteiger partial charge in [-0.15, -0.1) is 0 Å². The van der Waals surface area contributed by atoms with Gasteiger partial charge in [0.2, 0.25) is 5.91 Å². The van der Waals surface area contributed by atoms with Gasteiger partial charge in [-0.05, 0) is 6.07 Å². The van der Waals surface area contributed by atoms with Crippen molar-refractivity contribution in [2.45, 2.75) is 12.6 Å². The molecule has 1 unspecified atom stereocenters. The summed E-state index contributed by atoms with van der Waals surface area (Å²) in [4.78, 5) is 10.8. The highest BCUT2D eigenvalue weighted by atomic mass is 16.3. The number of aliphatic hydroxyl groups is 1. The van der Waals surface area contributed by atoms with Crippen molar-refractivity contribution in [3.63, 3.8) is 0 Å². The molecule has 0 bridgehead atoms. The second-order valence-electron chi connectivity index (χ2n) is 3.19. The molecule has 1 aromatic heterocycles. The number of hydrogen-bond acceptors (Lipinski definition) is 4. The fourth-order valence-corrected chi connectivity index (χ4v) is 1.13. The summed E-state index contributed by atoms with van der Waals surface area (Å²) in [5.74, 6) is -0.0960. The Hall–Kier alpha value is -1.40. The van der Waals surface area contributed by atoms with Crippen molar-refractivity contribution in [1.82, 2.24) is 20.4 Å². The highest BCUT2D eigenvalue weighted by Crippen LogP contribution is 1.89. The number of likely N-dealkylation sites (N-methyl/N-ethyl adjacent to an activating group) is 1. The minimum absolute atomic E-state index is 0.0960. The monoisotopic (exact) mass is 212 g/mol. The van der Waals surface area contributed by atoms with Gasteiger partial charge in [-0.2, -0.15) is 5.10 Å². The average Bonchev–Trinajstić information content (AvgIpc) is 2.70. The van der Waals surface area contributed by atoms with Crippen molar-refractivity contribution in [1.29, 1.82) is 0 Å². The molecular weight excluding hydrogens is 196 g/mol. The minimum Gasteiger partial charge on any atom is -0.390 e. The first kappa shape index (κ1) is 11.7. The van der Waals surface area contributed by atoms with Crippen LogP contribution in [0, 0.1) is 0 Å². The van der Waals surface area contributed by atoms with E-state index >= 15 is 0 Å². The summed E-state index contributed by atoms with van der Waals surface area (Å²) in [7, 11) is 1.57. The Kier molecular flexibility index (Phi) is 4.79. The summed E-state index contributed by atoms with van der Waals surface area (Å²) in [5.41, 5.74) is 0. The standard InChI is InChI=1S/C9H16N4O2/c1-10-9(15)6-11-5-8(14)7-13-4-2-3-12-13/h2-4,8,11,14H,5-7H2,1H3,(H,10,15). The van der Waals surface area contributed by atoms with E-state index in [1.165, 1.54) is 0 Å². The lowest BCUT2D eigenvalue weighted by molar-refractivity contribution is -0.119. The maximum absolute atomic E-state index is 10.8. The number of carbonyl (C=O) groups is 1. The maximum atomic E-state index is 10.8. The van der Waals surface area contributed by atoms with E-state index in [1.54, 1.807) is 30.2 Å². The van der Waals surface area contributed by atoms with Crippen molar-refractivity contribution in [2.75, 3.05) is 20.1 Å². The van der Waals surface area contributed by atoms with Gasteiger partial charge in [0.15, 0.2) is 0 Å². The smallest absolute Gasteiger partial charge is 0.233 e. The van der Waals surface area contributed by atoms with Gasteiger partial charge in [-0.3, -0.25) is 9.48 Å². The molecule has 6 nitrogen and oxygen atoms in total. The molecule has 0 saturated heterocycles. The number of nitrogens with zero attached hydrogens (tertiary/aromatic N) is 2. The molecule has 1 heterocycles. The van der Waals surface area contributed by atoms with E-state index in [9.17, 15) is 9.90 Å². The minimum atomic E-state index is -0.547. The lowest BCUT2D eigenvalue weighted by Gasteiger charge is -2.11. The number of aromatic nitrogens is 2. The quantitative estimate of drug-likeness (QED) is 0.541. The van der Waals surface area contributed by atoms with Gasteiger partial charge in [0.05, 0.1) is 19.2 Å². The third-order valence-corrected chi connectivity index (χ3v) is 1.90. The largest absolute Gasteiger partial charge is 0.390 e. The molecule has 84 valence electrons. The predicted molar refractivity (Wildman–Crippen MR) is 55.2 cm³/mol. The Bertz CT molecular complexity index is 286. The molecule has 0 aliphatic rings. The molecule has 0 saturated carbocycles. The van der Waals surface area contributed by atoms with Crippen molar-refractivity contribution in [2.24, 2.45) is 0 Å². The molecular formula is C9H16N4O2. The summed E-state index contributed by atoms with van der Waals surface area (Å²) < 4.78 is 1.65. The Labute approximate surface area is 88.3 Å². The van der Waals surface area contributed by atoms with Crippen LogP contribution in [-0.4, -0.2) is 47.0 Å². The summed E-state index contributed by atoms with van der Waals surface area (Å²) >= 11 is 0. The van der Waals surface area contributed by atoms with Crippen LogP contribution in [0.1, 0.15) is 0 Å². The van der Waals surface area contributed by atoms with E-state index in [0.29, 0.717) is 13.1 Å². The molecule has 0 radical (unpaired) electrons. The average molecular weight is 212 g/mol. The Morgan fingerprint density at radius 2 is 2.47 bits per heavy atom. The van der Waals surface area contributed by atoms with Crippen LogP contribution in [-0.2, 0) is 11.3 Å². The lowest BCUT2D eigenvalue weighted by Crippen LogP contribution is -2.37. The zero-order valence-corrected chi connectivity index (χ0v) is 8.68. The maximum Gasteiger partial charge on any atom is 0.233 e. The summed E-state index contributed by atoms with van der Waals surface area (Å²) in [6, 6.07) is 1.80. The second kappa shape index (κ2) is 6.15. The van der Waals surface area contributed by atoms with Gasteiger partial charge < -0.3 is 15.7 Å². The van der Waals surface area contributed by atoms with Crippen LogP contribution < -0.4 is 10.6 Å². The number of hydrogen-bond donors (Lipinski definition) is 3. The highest BCUT2D eigenvalue weighted by Gasteiger charge is 2.05. The first-order valence-electron chi connectivity index (χ1n) is 4.79. The molecule has 0 fully saturated rings. The molecule has 1 amide bonds. The highest BCUT2D eigenvalue weighted by molar-refractivity contribution is 5.77. The van der Waals surface area contributed by atoms with E-state index < -0.39 is 6.10 Å². The zero-order valence-electron chi connectivity index (χ0n) is 8.68. The number of amides is 1. The third-order valence-electron chi connectivity index (χ3n) is 1.90. The van der Waals surface area contributed by atoms with Gasteiger partial charge in [0, 0.05) is 26.0 Å². The first-order valence-corrected chi connectivity index (χ1v) is 4.79. The van der Waals surface area contributed by atoms with Crippen LogP contribution >= 0.6 is 0 Å². The number of nitrogens with one attached hydrogen (secondary N) is 2. The third kappa shape index (κ3) is 4.57. The van der Waals surface area contributed by atoms with Gasteiger partial charge >= 0.3 is 0 Å². The Balaban J connectivity index is 2.14. The van der Waals surface area contributed by atoms with E-state index in [4.69, 9.17) is 0 Å². The zero-order chi connectivity index (χ0) is 11.1. The molecule has 1 rings (SSSR count). The fourth-order valence-electron chi connectivity index (χ4n) is 1.13. The van der Waals surface area contributed by atoms with Crippen molar-refractivity contribution in [3.05, 3.63) is 18.5 Å². The van der Waals surface area contributed by atoms with Gasteiger partial charge in [-0.25, -0.2) is 0 Å². The van der Waals surface area contributed by atoms with Crippen LogP contribution in [0.3, 0.4) is 0 Å². The number of aliphatic hydroxyl groups excluding tert-OH is 1. The van der Waals surface area contributed by atoms with Crippen molar-refractivity contribution in [3.8, 4) is 0 Å². The van der Waals surface area contributed by atoms with Gasteiger partial charge in [0.25, 0.3) is 0 Å². The summed E-state index contributed by atoms with van der Waals surface area (Å²) in [6.45, 7) is 1.01. The van der Waals surface area contributed by atoms with Crippen LogP contribution in [0.5, 0.6) is 0 Å². The number of carbonyl (C=O) groups excluding carboxylic acids is 1. The summed E-state index contributed by atoms with van der Waals surface area (Å²) in [5, 5.41) is 18.8. The van der Waals surface area contributed by atoms with Crippen LogP contribution in [0.2, 0.25) is 0 Å².